The van der Waals surface area contributed by atoms with Crippen molar-refractivity contribution in [3.05, 3.63) is 60.8 Å². The first kappa shape index (κ1) is 66.1. The Labute approximate surface area is 428 Å². The monoisotopic (exact) mass is 965 g/mol. The third kappa shape index (κ3) is 55.9. The molecule has 0 aromatic heterocycles. The quantitative estimate of drug-likeness (QED) is 0.0262. The summed E-state index contributed by atoms with van der Waals surface area (Å²) in [5.41, 5.74) is 0. The summed E-state index contributed by atoms with van der Waals surface area (Å²) in [6, 6.07) is 0. The molecule has 0 saturated carbocycles. The molecular formula is C63H112O6. The zero-order chi connectivity index (χ0) is 50.0. The Kier molecular flexibility index (Phi) is 55.3. The number of carbonyl (C=O) groups excluding carboxylic acids is 3. The van der Waals surface area contributed by atoms with E-state index in [2.05, 4.69) is 81.5 Å². The molecule has 0 amide bonds. The van der Waals surface area contributed by atoms with E-state index in [-0.39, 0.29) is 31.1 Å². The Morgan fingerprint density at radius 1 is 0.290 bits per heavy atom. The Hall–Kier alpha value is -2.89. The smallest absolute Gasteiger partial charge is 0.306 e. The molecule has 0 N–H and O–H groups in total. The molecule has 0 fully saturated rings. The molecule has 6 heteroatoms. The van der Waals surface area contributed by atoms with E-state index in [1.807, 2.05) is 0 Å². The van der Waals surface area contributed by atoms with E-state index in [1.54, 1.807) is 0 Å². The summed E-state index contributed by atoms with van der Waals surface area (Å²) < 4.78 is 16.8. The van der Waals surface area contributed by atoms with Gasteiger partial charge in [-0.15, -0.1) is 0 Å². The first-order valence-corrected chi connectivity index (χ1v) is 29.8. The average Bonchev–Trinajstić information content (AvgIpc) is 3.35. The van der Waals surface area contributed by atoms with Gasteiger partial charge in [0.1, 0.15) is 13.2 Å². The predicted octanol–water partition coefficient (Wildman–Crippen LogP) is 20.0. The third-order valence-corrected chi connectivity index (χ3v) is 13.0. The molecule has 0 aliphatic carbocycles. The lowest BCUT2D eigenvalue weighted by Crippen LogP contribution is -2.30. The van der Waals surface area contributed by atoms with E-state index in [0.717, 1.165) is 89.9 Å². The van der Waals surface area contributed by atoms with E-state index in [1.165, 1.54) is 173 Å². The largest absolute Gasteiger partial charge is 0.462 e. The van der Waals surface area contributed by atoms with Gasteiger partial charge in [0.2, 0.25) is 0 Å². The van der Waals surface area contributed by atoms with Crippen molar-refractivity contribution in [1.29, 1.82) is 0 Å². The maximum absolute atomic E-state index is 12.8. The van der Waals surface area contributed by atoms with Gasteiger partial charge in [0.25, 0.3) is 0 Å². The van der Waals surface area contributed by atoms with Crippen molar-refractivity contribution in [1.82, 2.24) is 0 Å². The van der Waals surface area contributed by atoms with Crippen LogP contribution in [0.3, 0.4) is 0 Å². The molecule has 69 heavy (non-hydrogen) atoms. The van der Waals surface area contributed by atoms with Crippen LogP contribution in [-0.2, 0) is 28.6 Å². The highest BCUT2D eigenvalue weighted by molar-refractivity contribution is 5.71. The molecule has 0 bridgehead atoms. The lowest BCUT2D eigenvalue weighted by atomic mass is 10.0. The van der Waals surface area contributed by atoms with Crippen LogP contribution in [-0.4, -0.2) is 37.2 Å². The standard InChI is InChI=1S/C63H112O6/c1-4-7-10-13-16-19-22-23-24-25-26-27-28-29-30-31-32-33-34-35-36-37-38-39-42-44-47-50-53-56-62(65)68-59-60(69-63(66)57-54-51-48-45-41-21-18-15-12-9-6-3)58-67-61(64)55-52-49-46-43-40-20-17-14-11-8-5-2/h14-15,17-18,22-23,25-26,28-29,60H,4-13,16,19-21,24,27,30-59H2,1-3H3/b17-14-,18-15-,23-22-,26-25-,29-28-. The highest BCUT2D eigenvalue weighted by Crippen LogP contribution is 2.16. The first-order valence-electron chi connectivity index (χ1n) is 29.8. The van der Waals surface area contributed by atoms with E-state index in [4.69, 9.17) is 14.2 Å². The molecule has 6 nitrogen and oxygen atoms in total. The summed E-state index contributed by atoms with van der Waals surface area (Å²) >= 11 is 0. The van der Waals surface area contributed by atoms with Crippen molar-refractivity contribution < 1.29 is 28.6 Å². The van der Waals surface area contributed by atoms with Gasteiger partial charge in [-0.1, -0.05) is 248 Å². The van der Waals surface area contributed by atoms with Crippen molar-refractivity contribution in [2.45, 2.75) is 309 Å². The molecule has 0 aliphatic rings. The Morgan fingerprint density at radius 3 is 0.870 bits per heavy atom. The maximum atomic E-state index is 12.8. The van der Waals surface area contributed by atoms with Gasteiger partial charge >= 0.3 is 17.9 Å². The van der Waals surface area contributed by atoms with Gasteiger partial charge in [0.05, 0.1) is 0 Å². The van der Waals surface area contributed by atoms with Crippen LogP contribution in [0.2, 0.25) is 0 Å². The van der Waals surface area contributed by atoms with Crippen LogP contribution in [0.4, 0.5) is 0 Å². The van der Waals surface area contributed by atoms with Gasteiger partial charge in [-0.25, -0.2) is 0 Å². The number of allylic oxidation sites excluding steroid dienone is 10. The van der Waals surface area contributed by atoms with Gasteiger partial charge in [0.15, 0.2) is 6.10 Å². The molecule has 0 aliphatic heterocycles. The number of rotatable bonds is 54. The fourth-order valence-corrected chi connectivity index (χ4v) is 8.41. The fourth-order valence-electron chi connectivity index (χ4n) is 8.41. The molecule has 0 spiro atoms. The number of unbranched alkanes of at least 4 members (excludes halogenated alkanes) is 33. The molecule has 400 valence electrons. The van der Waals surface area contributed by atoms with Crippen LogP contribution in [0.5, 0.6) is 0 Å². The van der Waals surface area contributed by atoms with Crippen LogP contribution in [0.1, 0.15) is 303 Å². The second kappa shape index (κ2) is 57.7. The van der Waals surface area contributed by atoms with Crippen LogP contribution < -0.4 is 0 Å². The number of ether oxygens (including phenoxy) is 3. The second-order valence-electron chi connectivity index (χ2n) is 19.9. The first-order chi connectivity index (χ1) is 34.0. The minimum absolute atomic E-state index is 0.0790. The Balaban J connectivity index is 4.12. The van der Waals surface area contributed by atoms with Crippen LogP contribution in [0.25, 0.3) is 0 Å². The maximum Gasteiger partial charge on any atom is 0.306 e. The van der Waals surface area contributed by atoms with Gasteiger partial charge in [-0.05, 0) is 96.3 Å². The molecule has 0 aromatic carbocycles. The highest BCUT2D eigenvalue weighted by atomic mass is 16.6. The lowest BCUT2D eigenvalue weighted by Gasteiger charge is -2.18. The SMILES string of the molecule is CCCC/C=C\CCCCCCCC(=O)OCC(COC(=O)CCCCCCCCCCCCCCCC/C=C\C/C=C\C/C=C\CCCCCCC)OC(=O)CCCCCCC/C=C\CCCC. The van der Waals surface area contributed by atoms with Crippen molar-refractivity contribution in [2.75, 3.05) is 13.2 Å². The number of carbonyl (C=O) groups is 3. The van der Waals surface area contributed by atoms with E-state index in [9.17, 15) is 14.4 Å². The summed E-state index contributed by atoms with van der Waals surface area (Å²) in [6.45, 7) is 6.55. The molecule has 0 saturated heterocycles. The van der Waals surface area contributed by atoms with Crippen LogP contribution >= 0.6 is 0 Å². The predicted molar refractivity (Wildman–Crippen MR) is 298 cm³/mol. The summed E-state index contributed by atoms with van der Waals surface area (Å²) in [4.78, 5) is 38.0. The van der Waals surface area contributed by atoms with Gasteiger partial charge in [-0.2, -0.15) is 0 Å². The topological polar surface area (TPSA) is 78.9 Å². The fraction of sp³-hybridized carbons (Fsp3) is 0.794. The second-order valence-corrected chi connectivity index (χ2v) is 19.9. The zero-order valence-electron chi connectivity index (χ0n) is 45.8. The van der Waals surface area contributed by atoms with Gasteiger partial charge < -0.3 is 14.2 Å². The molecule has 1 unspecified atom stereocenters. The van der Waals surface area contributed by atoms with Crippen LogP contribution in [0, 0.1) is 0 Å². The van der Waals surface area contributed by atoms with Crippen LogP contribution in [0.15, 0.2) is 60.8 Å². The van der Waals surface area contributed by atoms with Crippen molar-refractivity contribution in [3.63, 3.8) is 0 Å². The minimum atomic E-state index is -0.779. The summed E-state index contributed by atoms with van der Waals surface area (Å²) in [7, 11) is 0. The Bertz CT molecular complexity index is 1250. The molecule has 1 atom stereocenters. The number of esters is 3. The molecular weight excluding hydrogens is 853 g/mol. The molecule has 0 heterocycles. The average molecular weight is 966 g/mol. The summed E-state index contributed by atoms with van der Waals surface area (Å²) in [5, 5.41) is 0. The van der Waals surface area contributed by atoms with Crippen molar-refractivity contribution in [2.24, 2.45) is 0 Å². The van der Waals surface area contributed by atoms with E-state index in [0.29, 0.717) is 19.3 Å². The molecule has 0 radical (unpaired) electrons. The number of hydrogen-bond donors (Lipinski definition) is 0. The Morgan fingerprint density at radius 2 is 0.536 bits per heavy atom. The van der Waals surface area contributed by atoms with Crippen molar-refractivity contribution >= 4 is 17.9 Å². The van der Waals surface area contributed by atoms with E-state index < -0.39 is 6.10 Å². The minimum Gasteiger partial charge on any atom is -0.462 e. The normalized spacial score (nSPS) is 12.4. The zero-order valence-corrected chi connectivity index (χ0v) is 45.8. The van der Waals surface area contributed by atoms with Crippen molar-refractivity contribution in [3.8, 4) is 0 Å². The molecule has 0 aromatic rings. The van der Waals surface area contributed by atoms with Gasteiger partial charge in [-0.3, -0.25) is 14.4 Å². The molecule has 0 rings (SSSR count). The van der Waals surface area contributed by atoms with E-state index >= 15 is 0 Å². The number of hydrogen-bond acceptors (Lipinski definition) is 6. The third-order valence-electron chi connectivity index (χ3n) is 13.0. The summed E-state index contributed by atoms with van der Waals surface area (Å²) in [6.07, 6.45) is 72.4. The van der Waals surface area contributed by atoms with Gasteiger partial charge in [0, 0.05) is 19.3 Å². The highest BCUT2D eigenvalue weighted by Gasteiger charge is 2.19. The lowest BCUT2D eigenvalue weighted by molar-refractivity contribution is -0.167. The summed E-state index contributed by atoms with van der Waals surface area (Å²) in [5.74, 6) is -0.892.